The number of primary amides is 1. The number of anilines is 1. The van der Waals surface area contributed by atoms with Crippen LogP contribution < -0.4 is 10.6 Å². The zero-order chi connectivity index (χ0) is 22.2. The van der Waals surface area contributed by atoms with E-state index in [0.29, 0.717) is 24.2 Å². The number of rotatable bonds is 7. The molecular weight excluding hydrogens is 380 g/mol. The van der Waals surface area contributed by atoms with Gasteiger partial charge >= 0.3 is 0 Å². The molecule has 2 aromatic rings. The molecule has 8 nitrogen and oxygen atoms in total. The van der Waals surface area contributed by atoms with E-state index in [4.69, 9.17) is 5.73 Å². The van der Waals surface area contributed by atoms with Crippen LogP contribution in [0.25, 0.3) is 16.5 Å². The van der Waals surface area contributed by atoms with Gasteiger partial charge in [-0.05, 0) is 31.2 Å². The van der Waals surface area contributed by atoms with Crippen molar-refractivity contribution in [2.75, 3.05) is 39.1 Å². The van der Waals surface area contributed by atoms with E-state index in [0.717, 1.165) is 28.1 Å². The van der Waals surface area contributed by atoms with Crippen molar-refractivity contribution in [2.24, 2.45) is 10.8 Å². The van der Waals surface area contributed by atoms with Crippen LogP contribution >= 0.6 is 0 Å². The molecule has 3 rings (SSSR count). The minimum atomic E-state index is -0.502. The summed E-state index contributed by atoms with van der Waals surface area (Å²) < 4.78 is 0. The molecule has 0 saturated carbocycles. The summed E-state index contributed by atoms with van der Waals surface area (Å²) in [5.41, 5.74) is 9.90. The van der Waals surface area contributed by atoms with Gasteiger partial charge in [-0.15, -0.1) is 0 Å². The lowest BCUT2D eigenvalue weighted by Gasteiger charge is -2.44. The number of hydrazone groups is 1. The van der Waals surface area contributed by atoms with Gasteiger partial charge in [0.2, 0.25) is 5.91 Å². The maximum absolute atomic E-state index is 12.0. The van der Waals surface area contributed by atoms with Gasteiger partial charge in [0.1, 0.15) is 0 Å². The monoisotopic (exact) mass is 408 g/mol. The van der Waals surface area contributed by atoms with E-state index in [1.54, 1.807) is 16.0 Å². The molecule has 30 heavy (non-hydrogen) atoms. The van der Waals surface area contributed by atoms with Gasteiger partial charge in [-0.25, -0.2) is 0 Å². The molecule has 158 valence electrons. The Hall–Kier alpha value is -3.55. The summed E-state index contributed by atoms with van der Waals surface area (Å²) in [5.74, 6) is -0.567. The predicted octanol–water partition coefficient (Wildman–Crippen LogP) is 2.05. The zero-order valence-electron chi connectivity index (χ0n) is 17.9. The number of nitrogens with two attached hydrogens (primary N) is 1. The molecule has 0 aliphatic carbocycles. The second kappa shape index (κ2) is 8.06. The second-order valence-corrected chi connectivity index (χ2v) is 7.69. The summed E-state index contributed by atoms with van der Waals surface area (Å²) in [6, 6.07) is 5.76. The lowest BCUT2D eigenvalue weighted by Crippen LogP contribution is -2.60. The lowest BCUT2D eigenvalue weighted by atomic mass is 10.0. The summed E-state index contributed by atoms with van der Waals surface area (Å²) in [4.78, 5) is 30.9. The number of fused-ring (bicyclic) bond motifs is 1. The van der Waals surface area contributed by atoms with Gasteiger partial charge in [0.15, 0.2) is 0 Å². The molecule has 0 atom stereocenters. The average Bonchev–Trinajstić information content (AvgIpc) is 3.09. The standard InChI is InChI=1S/C22H28N6O2/c1-7-20(29)28-11-15(12-28)27(6)19-9-8-16(22(23)30)21-17(19)10-18(24-21)13(2)14(3)25-26(4)5/h7-10,15,24H,1-2,11-12H2,3-6H3,(H2,23,30)/b25-14-. The number of aromatic amines is 1. The van der Waals surface area contributed by atoms with Gasteiger partial charge in [-0.3, -0.25) is 9.59 Å². The van der Waals surface area contributed by atoms with Crippen molar-refractivity contribution in [3.05, 3.63) is 48.7 Å². The van der Waals surface area contributed by atoms with E-state index in [-0.39, 0.29) is 11.9 Å². The van der Waals surface area contributed by atoms with Crippen molar-refractivity contribution < 1.29 is 9.59 Å². The minimum absolute atomic E-state index is 0.0650. The van der Waals surface area contributed by atoms with Crippen LogP contribution in [-0.4, -0.2) is 72.7 Å². The Bertz CT molecular complexity index is 1060. The number of likely N-dealkylation sites (N-methyl/N-ethyl adjacent to an activating group) is 1. The smallest absolute Gasteiger partial charge is 0.250 e. The number of benzene rings is 1. The number of aromatic nitrogens is 1. The fraction of sp³-hybridized carbons (Fsp3) is 0.318. The molecule has 2 amide bonds. The maximum atomic E-state index is 12.0. The topological polar surface area (TPSA) is 98.0 Å². The summed E-state index contributed by atoms with van der Waals surface area (Å²) in [7, 11) is 5.68. The molecule has 1 fully saturated rings. The number of carbonyl (C=O) groups excluding carboxylic acids is 2. The van der Waals surface area contributed by atoms with Crippen LogP contribution in [0.4, 0.5) is 5.69 Å². The molecule has 3 N–H and O–H groups in total. The highest BCUT2D eigenvalue weighted by molar-refractivity contribution is 6.22. The molecule has 0 unspecified atom stereocenters. The molecule has 1 aliphatic rings. The third kappa shape index (κ3) is 3.80. The summed E-state index contributed by atoms with van der Waals surface area (Å²) in [5, 5.41) is 6.99. The number of nitrogens with one attached hydrogen (secondary N) is 1. The molecule has 8 heteroatoms. The van der Waals surface area contributed by atoms with Gasteiger partial charge in [-0.2, -0.15) is 5.10 Å². The first kappa shape index (κ1) is 21.2. The molecule has 2 heterocycles. The number of likely N-dealkylation sites (tertiary alicyclic amines) is 1. The van der Waals surface area contributed by atoms with Crippen LogP contribution in [0.15, 0.2) is 42.5 Å². The predicted molar refractivity (Wildman–Crippen MR) is 122 cm³/mol. The quantitative estimate of drug-likeness (QED) is 0.416. The molecule has 1 aromatic carbocycles. The van der Waals surface area contributed by atoms with Crippen molar-refractivity contribution in [2.45, 2.75) is 13.0 Å². The van der Waals surface area contributed by atoms with Crippen molar-refractivity contribution in [3.8, 4) is 0 Å². The largest absolute Gasteiger partial charge is 0.367 e. The number of carbonyl (C=O) groups is 2. The molecule has 0 radical (unpaired) electrons. The number of H-pyrrole nitrogens is 1. The van der Waals surface area contributed by atoms with E-state index in [1.165, 1.54) is 6.08 Å². The number of hydrogen-bond acceptors (Lipinski definition) is 5. The van der Waals surface area contributed by atoms with E-state index in [9.17, 15) is 9.59 Å². The lowest BCUT2D eigenvalue weighted by molar-refractivity contribution is -0.130. The molecule has 0 spiro atoms. The Morgan fingerprint density at radius 3 is 2.53 bits per heavy atom. The van der Waals surface area contributed by atoms with E-state index < -0.39 is 5.91 Å². The Labute approximate surface area is 176 Å². The average molecular weight is 409 g/mol. The first-order valence-corrected chi connectivity index (χ1v) is 9.66. The number of allylic oxidation sites excluding steroid dienone is 1. The Balaban J connectivity index is 2.00. The Morgan fingerprint density at radius 2 is 1.97 bits per heavy atom. The molecule has 1 saturated heterocycles. The van der Waals surface area contributed by atoms with Crippen LogP contribution in [0.3, 0.4) is 0 Å². The van der Waals surface area contributed by atoms with Gasteiger partial charge < -0.3 is 25.5 Å². The Morgan fingerprint density at radius 1 is 1.30 bits per heavy atom. The minimum Gasteiger partial charge on any atom is -0.367 e. The Kier molecular flexibility index (Phi) is 5.69. The van der Waals surface area contributed by atoms with Crippen molar-refractivity contribution in [1.29, 1.82) is 0 Å². The maximum Gasteiger partial charge on any atom is 0.250 e. The zero-order valence-corrected chi connectivity index (χ0v) is 17.9. The summed E-state index contributed by atoms with van der Waals surface area (Å²) in [6.45, 7) is 10.8. The van der Waals surface area contributed by atoms with E-state index >= 15 is 0 Å². The van der Waals surface area contributed by atoms with Crippen molar-refractivity contribution >= 4 is 39.7 Å². The van der Waals surface area contributed by atoms with Crippen LogP contribution in [-0.2, 0) is 4.79 Å². The highest BCUT2D eigenvalue weighted by atomic mass is 16.2. The van der Waals surface area contributed by atoms with Gasteiger partial charge in [0.25, 0.3) is 5.91 Å². The van der Waals surface area contributed by atoms with Crippen LogP contribution in [0.5, 0.6) is 0 Å². The first-order chi connectivity index (χ1) is 14.1. The SMILES string of the molecule is C=CC(=O)N1CC(N(C)c2ccc(C(N)=O)c3[nH]c(C(=C)/C(C)=N\N(C)C)cc23)C1. The molecular formula is C22H28N6O2. The van der Waals surface area contributed by atoms with Crippen LogP contribution in [0.1, 0.15) is 23.0 Å². The second-order valence-electron chi connectivity index (χ2n) is 7.69. The van der Waals surface area contributed by atoms with Gasteiger partial charge in [0.05, 0.1) is 22.8 Å². The fourth-order valence-electron chi connectivity index (χ4n) is 3.64. The normalized spacial score (nSPS) is 14.4. The number of amides is 2. The van der Waals surface area contributed by atoms with Crippen molar-refractivity contribution in [3.63, 3.8) is 0 Å². The summed E-state index contributed by atoms with van der Waals surface area (Å²) >= 11 is 0. The highest BCUT2D eigenvalue weighted by Crippen LogP contribution is 2.34. The van der Waals surface area contributed by atoms with E-state index in [2.05, 4.69) is 28.1 Å². The first-order valence-electron chi connectivity index (χ1n) is 9.66. The fourth-order valence-corrected chi connectivity index (χ4v) is 3.64. The molecule has 0 bridgehead atoms. The third-order valence-electron chi connectivity index (χ3n) is 5.42. The van der Waals surface area contributed by atoms with Gasteiger partial charge in [-0.1, -0.05) is 13.2 Å². The van der Waals surface area contributed by atoms with E-state index in [1.807, 2.05) is 40.2 Å². The molecule has 1 aromatic heterocycles. The van der Waals surface area contributed by atoms with Crippen molar-refractivity contribution in [1.82, 2.24) is 14.9 Å². The van der Waals surface area contributed by atoms with Crippen LogP contribution in [0, 0.1) is 0 Å². The number of hydrogen-bond donors (Lipinski definition) is 2. The molecule has 1 aliphatic heterocycles. The third-order valence-corrected chi connectivity index (χ3v) is 5.42. The summed E-state index contributed by atoms with van der Waals surface area (Å²) in [6.07, 6.45) is 1.33. The number of nitrogens with zero attached hydrogens (tertiary/aromatic N) is 4. The van der Waals surface area contributed by atoms with Gasteiger partial charge in [0, 0.05) is 56.6 Å². The van der Waals surface area contributed by atoms with Crippen LogP contribution in [0.2, 0.25) is 0 Å². The highest BCUT2D eigenvalue weighted by Gasteiger charge is 2.33.